The molecule has 1 nitrogen and oxygen atoms in total. The predicted octanol–water partition coefficient (Wildman–Crippen LogP) is 1.71. The Morgan fingerprint density at radius 3 is 2.64 bits per heavy atom. The molecular formula is C10H7O. The molecule has 0 amide bonds. The molecule has 0 aliphatic rings. The molecule has 1 rings (SSSR count). The van der Waals surface area contributed by atoms with Gasteiger partial charge in [0.15, 0.2) is 0 Å². The lowest BCUT2D eigenvalue weighted by Crippen LogP contribution is -1.82. The highest BCUT2D eigenvalue weighted by atomic mass is 16.3. The van der Waals surface area contributed by atoms with Crippen molar-refractivity contribution in [3.8, 4) is 18.1 Å². The van der Waals surface area contributed by atoms with Gasteiger partial charge in [-0.25, -0.2) is 0 Å². The summed E-state index contributed by atoms with van der Waals surface area (Å²) in [5.41, 5.74) is 1.11. The lowest BCUT2D eigenvalue weighted by Gasteiger charge is -1.99. The van der Waals surface area contributed by atoms with Crippen LogP contribution in [0.5, 0.6) is 5.75 Å². The number of terminal acetylenes is 1. The number of hydrogen-bond acceptors (Lipinski definition) is 1. The van der Waals surface area contributed by atoms with Crippen molar-refractivity contribution < 1.29 is 5.11 Å². The quantitative estimate of drug-likeness (QED) is 0.593. The maximum atomic E-state index is 9.21. The Hall–Kier alpha value is -1.68. The molecule has 1 N–H and O–H groups in total. The largest absolute Gasteiger partial charge is 0.507 e. The van der Waals surface area contributed by atoms with Gasteiger partial charge in [-0.3, -0.25) is 0 Å². The third-order valence-electron chi connectivity index (χ3n) is 1.38. The van der Waals surface area contributed by atoms with Crippen molar-refractivity contribution in [2.24, 2.45) is 0 Å². The smallest absolute Gasteiger partial charge is 0.131 e. The van der Waals surface area contributed by atoms with Crippen LogP contribution < -0.4 is 0 Å². The summed E-state index contributed by atoms with van der Waals surface area (Å²) in [5.74, 6) is 2.46. The highest BCUT2D eigenvalue weighted by Gasteiger charge is 2.00. The highest BCUT2D eigenvalue weighted by molar-refractivity contribution is 5.51. The summed E-state index contributed by atoms with van der Waals surface area (Å²) in [6.07, 6.45) is 7.78. The van der Waals surface area contributed by atoms with Crippen molar-refractivity contribution >= 4 is 0 Å². The summed E-state index contributed by atoms with van der Waals surface area (Å²) < 4.78 is 0. The second-order valence-electron chi connectivity index (χ2n) is 2.02. The van der Waals surface area contributed by atoms with E-state index in [1.807, 2.05) is 0 Å². The summed E-state index contributed by atoms with van der Waals surface area (Å²) in [7, 11) is 0. The zero-order valence-corrected chi connectivity index (χ0v) is 5.96. The first kappa shape index (κ1) is 7.43. The number of rotatable bonds is 1. The minimum Gasteiger partial charge on any atom is -0.507 e. The number of phenolic OH excluding ortho intramolecular Hbond substituents is 1. The van der Waals surface area contributed by atoms with Gasteiger partial charge in [0.2, 0.25) is 0 Å². The Morgan fingerprint density at radius 1 is 1.45 bits per heavy atom. The van der Waals surface area contributed by atoms with Crippen molar-refractivity contribution in [2.75, 3.05) is 0 Å². The highest BCUT2D eigenvalue weighted by Crippen LogP contribution is 2.19. The molecule has 0 fully saturated rings. The summed E-state index contributed by atoms with van der Waals surface area (Å²) >= 11 is 0. The predicted molar refractivity (Wildman–Crippen MR) is 44.0 cm³/mol. The van der Waals surface area contributed by atoms with E-state index in [1.165, 1.54) is 6.07 Å². The minimum atomic E-state index is 0.0983. The van der Waals surface area contributed by atoms with Crippen LogP contribution in [-0.4, -0.2) is 5.11 Å². The van der Waals surface area contributed by atoms with Crippen LogP contribution in [0.15, 0.2) is 24.8 Å². The fraction of sp³-hybridized carbons (Fsp3) is 0. The van der Waals surface area contributed by atoms with Crippen LogP contribution in [0.1, 0.15) is 11.1 Å². The van der Waals surface area contributed by atoms with Gasteiger partial charge in [-0.2, -0.15) is 0 Å². The fourth-order valence-corrected chi connectivity index (χ4v) is 0.839. The van der Waals surface area contributed by atoms with Gasteiger partial charge in [0.1, 0.15) is 5.75 Å². The number of hydrogen-bond donors (Lipinski definition) is 1. The molecule has 0 aliphatic carbocycles. The summed E-state index contributed by atoms with van der Waals surface area (Å²) in [6.45, 7) is 3.45. The van der Waals surface area contributed by atoms with Gasteiger partial charge in [-0.1, -0.05) is 24.6 Å². The molecule has 0 unspecified atom stereocenters. The van der Waals surface area contributed by atoms with Gasteiger partial charge in [0, 0.05) is 5.56 Å². The van der Waals surface area contributed by atoms with Crippen LogP contribution in [0.2, 0.25) is 0 Å². The van der Waals surface area contributed by atoms with Gasteiger partial charge in [0.25, 0.3) is 0 Å². The third-order valence-corrected chi connectivity index (χ3v) is 1.38. The van der Waals surface area contributed by atoms with Gasteiger partial charge >= 0.3 is 0 Å². The van der Waals surface area contributed by atoms with Crippen molar-refractivity contribution in [2.45, 2.75) is 0 Å². The van der Waals surface area contributed by atoms with Crippen LogP contribution in [0.3, 0.4) is 0 Å². The van der Waals surface area contributed by atoms with Gasteiger partial charge in [0.05, 0.1) is 5.56 Å². The molecule has 11 heavy (non-hydrogen) atoms. The standard InChI is InChI=1S/C10H7O/c1-3-8-6-5-7-10(11)9(8)4-2/h2,5-7,11H,1H2. The average Bonchev–Trinajstić information content (AvgIpc) is 2.04. The molecule has 0 bridgehead atoms. The van der Waals surface area contributed by atoms with E-state index < -0.39 is 0 Å². The van der Waals surface area contributed by atoms with Gasteiger partial charge in [-0.15, -0.1) is 6.42 Å². The Morgan fingerprint density at radius 2 is 2.18 bits per heavy atom. The maximum absolute atomic E-state index is 9.21. The summed E-state index contributed by atoms with van der Waals surface area (Å²) in [4.78, 5) is 0. The molecule has 53 valence electrons. The molecule has 1 heteroatoms. The molecule has 0 heterocycles. The topological polar surface area (TPSA) is 20.2 Å². The molecule has 0 saturated carbocycles. The van der Waals surface area contributed by atoms with Crippen molar-refractivity contribution in [1.29, 1.82) is 0 Å². The second kappa shape index (κ2) is 2.94. The van der Waals surface area contributed by atoms with Crippen molar-refractivity contribution in [1.82, 2.24) is 0 Å². The van der Waals surface area contributed by atoms with Crippen LogP contribution in [0.4, 0.5) is 0 Å². The molecule has 0 spiro atoms. The fourth-order valence-electron chi connectivity index (χ4n) is 0.839. The number of phenols is 1. The molecular weight excluding hydrogens is 136 g/mol. The third kappa shape index (κ3) is 1.25. The van der Waals surface area contributed by atoms with E-state index in [1.54, 1.807) is 12.1 Å². The zero-order chi connectivity index (χ0) is 8.27. The van der Waals surface area contributed by atoms with Crippen molar-refractivity contribution in [3.05, 3.63) is 42.0 Å². The summed E-state index contributed by atoms with van der Waals surface area (Å²) in [5, 5.41) is 9.21. The van der Waals surface area contributed by atoms with Gasteiger partial charge in [-0.05, 0) is 12.1 Å². The molecule has 1 aromatic carbocycles. The van der Waals surface area contributed by atoms with E-state index in [4.69, 9.17) is 6.42 Å². The normalized spacial score (nSPS) is 8.64. The zero-order valence-electron chi connectivity index (χ0n) is 5.96. The minimum absolute atomic E-state index is 0.0983. The molecule has 1 radical (unpaired) electrons. The molecule has 0 aliphatic heterocycles. The molecule has 1 aromatic rings. The van der Waals surface area contributed by atoms with E-state index in [-0.39, 0.29) is 5.75 Å². The van der Waals surface area contributed by atoms with E-state index in [2.05, 4.69) is 18.6 Å². The van der Waals surface area contributed by atoms with E-state index in [9.17, 15) is 5.11 Å². The summed E-state index contributed by atoms with van der Waals surface area (Å²) in [6, 6.07) is 4.99. The maximum Gasteiger partial charge on any atom is 0.131 e. The SMILES string of the molecule is C#Cc1c(O)cccc1[C]=C. The Kier molecular flexibility index (Phi) is 1.98. The van der Waals surface area contributed by atoms with Crippen LogP contribution in [-0.2, 0) is 0 Å². The molecule has 0 aromatic heterocycles. The first-order valence-corrected chi connectivity index (χ1v) is 3.11. The number of aromatic hydroxyl groups is 1. The van der Waals surface area contributed by atoms with Crippen LogP contribution >= 0.6 is 0 Å². The van der Waals surface area contributed by atoms with Crippen LogP contribution in [0.25, 0.3) is 0 Å². The Labute approximate surface area is 66.0 Å². The lowest BCUT2D eigenvalue weighted by atomic mass is 10.1. The van der Waals surface area contributed by atoms with Crippen molar-refractivity contribution in [3.63, 3.8) is 0 Å². The molecule has 0 atom stereocenters. The lowest BCUT2D eigenvalue weighted by molar-refractivity contribution is 0.473. The van der Waals surface area contributed by atoms with E-state index in [0.29, 0.717) is 11.1 Å². The monoisotopic (exact) mass is 143 g/mol. The number of benzene rings is 1. The van der Waals surface area contributed by atoms with Crippen LogP contribution in [0, 0.1) is 18.4 Å². The van der Waals surface area contributed by atoms with E-state index in [0.717, 1.165) is 0 Å². The van der Waals surface area contributed by atoms with Gasteiger partial charge < -0.3 is 5.11 Å². The first-order valence-electron chi connectivity index (χ1n) is 3.11. The average molecular weight is 143 g/mol. The van der Waals surface area contributed by atoms with E-state index >= 15 is 0 Å². The Balaban J connectivity index is 3.38. The Bertz CT molecular complexity index is 318. The second-order valence-corrected chi connectivity index (χ2v) is 2.02. The first-order chi connectivity index (χ1) is 5.29. The molecule has 0 saturated heterocycles.